The molecule has 0 N–H and O–H groups in total. The van der Waals surface area contributed by atoms with Gasteiger partial charge in [-0.25, -0.2) is 17.6 Å². The summed E-state index contributed by atoms with van der Waals surface area (Å²) in [4.78, 5) is 13.3. The Morgan fingerprint density at radius 1 is 0.667 bits per heavy atom. The zero-order valence-electron chi connectivity index (χ0n) is 10.8. The maximum Gasteiger partial charge on any atom is 0.275 e. The molecule has 0 aliphatic rings. The van der Waals surface area contributed by atoms with Crippen molar-refractivity contribution in [2.75, 3.05) is 0 Å². The summed E-state index contributed by atoms with van der Waals surface area (Å²) >= 11 is 0. The average Bonchev–Trinajstić information content (AvgIpc) is 2.49. The smallest absolute Gasteiger partial charge is 0.264 e. The van der Waals surface area contributed by atoms with Crippen LogP contribution in [0.3, 0.4) is 0 Å². The largest absolute Gasteiger partial charge is 0.275 e. The Hall–Kier alpha value is -2.86. The fourth-order valence-electron chi connectivity index (χ4n) is 1.84. The summed E-state index contributed by atoms with van der Waals surface area (Å²) in [7, 11) is 0. The van der Waals surface area contributed by atoms with Gasteiger partial charge in [0.1, 0.15) is 11.1 Å². The molecule has 0 aliphatic carbocycles. The highest BCUT2D eigenvalue weighted by Crippen LogP contribution is 2.34. The van der Waals surface area contributed by atoms with Crippen molar-refractivity contribution < 1.29 is 40.0 Å². The SMILES string of the molecule is O=[N+]([O-])C(c1c(F)c(F)nc(F)c1F)c1c(F)c(F)nc(F)c1F. The standard InChI is InChI=1S/C11HF8N3O2/c12-3-1(4(13)9(17)20-8(3)16)7(22(23)24)2-5(14)10(18)21-11(19)6(2)15/h7H. The average molecular weight is 359 g/mol. The Morgan fingerprint density at radius 3 is 1.12 bits per heavy atom. The lowest BCUT2D eigenvalue weighted by atomic mass is 9.99. The van der Waals surface area contributed by atoms with Gasteiger partial charge in [0.25, 0.3) is 29.8 Å². The first kappa shape index (κ1) is 17.5. The first-order chi connectivity index (χ1) is 11.1. The van der Waals surface area contributed by atoms with Gasteiger partial charge >= 0.3 is 0 Å². The monoisotopic (exact) mass is 359 g/mol. The summed E-state index contributed by atoms with van der Waals surface area (Å²) < 4.78 is 107. The number of aromatic nitrogens is 2. The van der Waals surface area contributed by atoms with Crippen molar-refractivity contribution in [1.29, 1.82) is 0 Å². The summed E-state index contributed by atoms with van der Waals surface area (Å²) in [6.07, 6.45) is 0. The maximum absolute atomic E-state index is 13.6. The van der Waals surface area contributed by atoms with Crippen LogP contribution in [0, 0.1) is 57.2 Å². The van der Waals surface area contributed by atoms with E-state index in [0.717, 1.165) is 0 Å². The minimum Gasteiger partial charge on any atom is -0.264 e. The molecule has 0 aliphatic heterocycles. The molecule has 0 aromatic carbocycles. The van der Waals surface area contributed by atoms with Crippen molar-refractivity contribution in [2.24, 2.45) is 0 Å². The van der Waals surface area contributed by atoms with Crippen molar-refractivity contribution in [1.82, 2.24) is 9.97 Å². The van der Waals surface area contributed by atoms with Crippen molar-refractivity contribution in [3.05, 3.63) is 68.3 Å². The van der Waals surface area contributed by atoms with E-state index in [1.165, 1.54) is 0 Å². The Labute approximate surface area is 125 Å². The molecule has 2 aromatic heterocycles. The van der Waals surface area contributed by atoms with E-state index in [1.807, 2.05) is 0 Å². The molecule has 24 heavy (non-hydrogen) atoms. The summed E-state index contributed by atoms with van der Waals surface area (Å²) in [5.41, 5.74) is -4.26. The van der Waals surface area contributed by atoms with Crippen molar-refractivity contribution >= 4 is 0 Å². The third-order valence-corrected chi connectivity index (χ3v) is 2.82. The van der Waals surface area contributed by atoms with Gasteiger partial charge in [0.2, 0.25) is 0 Å². The van der Waals surface area contributed by atoms with Gasteiger partial charge in [0.15, 0.2) is 23.3 Å². The highest BCUT2D eigenvalue weighted by atomic mass is 19.2. The molecule has 0 atom stereocenters. The lowest BCUT2D eigenvalue weighted by Crippen LogP contribution is -2.22. The highest BCUT2D eigenvalue weighted by Gasteiger charge is 2.42. The molecule has 5 nitrogen and oxygen atoms in total. The van der Waals surface area contributed by atoms with Crippen molar-refractivity contribution in [3.63, 3.8) is 0 Å². The number of nitro groups is 1. The van der Waals surface area contributed by atoms with Crippen LogP contribution in [0.15, 0.2) is 0 Å². The second kappa shape index (κ2) is 5.98. The Bertz CT molecular complexity index is 744. The van der Waals surface area contributed by atoms with Crippen LogP contribution in [0.2, 0.25) is 0 Å². The van der Waals surface area contributed by atoms with Gasteiger partial charge < -0.3 is 0 Å². The van der Waals surface area contributed by atoms with Gasteiger partial charge in [-0.3, -0.25) is 10.1 Å². The molecule has 0 unspecified atom stereocenters. The molecule has 0 fully saturated rings. The zero-order valence-corrected chi connectivity index (χ0v) is 10.8. The number of hydrogen-bond donors (Lipinski definition) is 0. The molecule has 2 aromatic rings. The summed E-state index contributed by atoms with van der Waals surface area (Å²) in [6.45, 7) is 0. The molecule has 13 heteroatoms. The molecule has 2 rings (SSSR count). The summed E-state index contributed by atoms with van der Waals surface area (Å²) in [5, 5.41) is 11.0. The molecule has 0 radical (unpaired) electrons. The molecule has 2 heterocycles. The minimum atomic E-state index is -3.36. The van der Waals surface area contributed by atoms with Crippen LogP contribution in [0.5, 0.6) is 0 Å². The Morgan fingerprint density at radius 2 is 0.917 bits per heavy atom. The van der Waals surface area contributed by atoms with E-state index >= 15 is 0 Å². The van der Waals surface area contributed by atoms with Gasteiger partial charge in [-0.2, -0.15) is 27.5 Å². The van der Waals surface area contributed by atoms with Crippen LogP contribution in [0.25, 0.3) is 0 Å². The fourth-order valence-corrected chi connectivity index (χ4v) is 1.84. The predicted octanol–water partition coefficient (Wildman–Crippen LogP) is 2.96. The van der Waals surface area contributed by atoms with Crippen molar-refractivity contribution in [2.45, 2.75) is 6.04 Å². The number of nitrogens with zero attached hydrogens (tertiary/aromatic N) is 3. The second-order valence-corrected chi connectivity index (χ2v) is 4.16. The van der Waals surface area contributed by atoms with E-state index in [4.69, 9.17) is 0 Å². The Kier molecular flexibility index (Phi) is 4.36. The minimum absolute atomic E-state index is 1.80. The molecule has 0 amide bonds. The van der Waals surface area contributed by atoms with Crippen LogP contribution in [0.1, 0.15) is 17.2 Å². The van der Waals surface area contributed by atoms with Gasteiger partial charge in [0.05, 0.1) is 0 Å². The quantitative estimate of drug-likeness (QED) is 0.366. The van der Waals surface area contributed by atoms with Crippen LogP contribution in [0.4, 0.5) is 35.1 Å². The summed E-state index contributed by atoms with van der Waals surface area (Å²) in [5.74, 6) is -19.3. The first-order valence-electron chi connectivity index (χ1n) is 5.61. The lowest BCUT2D eigenvalue weighted by Gasteiger charge is -2.14. The van der Waals surface area contributed by atoms with Crippen LogP contribution < -0.4 is 0 Å². The molecule has 0 spiro atoms. The van der Waals surface area contributed by atoms with E-state index in [9.17, 15) is 45.2 Å². The van der Waals surface area contributed by atoms with Crippen LogP contribution in [-0.2, 0) is 0 Å². The number of rotatable bonds is 3. The van der Waals surface area contributed by atoms with Gasteiger partial charge in [-0.1, -0.05) is 0 Å². The van der Waals surface area contributed by atoms with Crippen molar-refractivity contribution in [3.8, 4) is 0 Å². The second-order valence-electron chi connectivity index (χ2n) is 4.16. The van der Waals surface area contributed by atoms with E-state index in [2.05, 4.69) is 9.97 Å². The van der Waals surface area contributed by atoms with E-state index in [1.54, 1.807) is 0 Å². The third kappa shape index (κ3) is 2.61. The van der Waals surface area contributed by atoms with E-state index < -0.39 is 69.2 Å². The Balaban J connectivity index is 2.92. The molecule has 128 valence electrons. The summed E-state index contributed by atoms with van der Waals surface area (Å²) in [6, 6.07) is -3.36. The predicted molar refractivity (Wildman–Crippen MR) is 57.0 cm³/mol. The van der Waals surface area contributed by atoms with Gasteiger partial charge in [0, 0.05) is 4.92 Å². The van der Waals surface area contributed by atoms with E-state index in [0.29, 0.717) is 0 Å². The molecular weight excluding hydrogens is 358 g/mol. The third-order valence-electron chi connectivity index (χ3n) is 2.82. The van der Waals surface area contributed by atoms with Crippen LogP contribution in [-0.4, -0.2) is 14.9 Å². The molecule has 0 saturated heterocycles. The molecular formula is C11HF8N3O2. The van der Waals surface area contributed by atoms with Gasteiger partial charge in [-0.15, -0.1) is 0 Å². The number of hydrogen-bond acceptors (Lipinski definition) is 4. The molecule has 0 saturated carbocycles. The highest BCUT2D eigenvalue weighted by molar-refractivity contribution is 5.32. The van der Waals surface area contributed by atoms with Crippen LogP contribution >= 0.6 is 0 Å². The lowest BCUT2D eigenvalue weighted by molar-refractivity contribution is -0.519. The van der Waals surface area contributed by atoms with Gasteiger partial charge in [-0.05, 0) is 0 Å². The fraction of sp³-hybridized carbons (Fsp3) is 0.0909. The molecule has 0 bridgehead atoms. The first-order valence-corrected chi connectivity index (χ1v) is 5.61. The topological polar surface area (TPSA) is 68.9 Å². The zero-order chi connectivity index (χ0) is 18.3. The van der Waals surface area contributed by atoms with E-state index in [-0.39, 0.29) is 0 Å². The number of halogens is 8. The number of pyridine rings is 2. The normalized spacial score (nSPS) is 11.2. The maximum atomic E-state index is 13.6.